The Bertz CT molecular complexity index is 792. The Morgan fingerprint density at radius 3 is 2.95 bits per heavy atom. The molecular formula is C13H12BrN3OS2. The molecule has 0 amide bonds. The normalized spacial score (nSPS) is 11.6. The number of thiazole rings is 1. The molecule has 0 atom stereocenters. The highest BCUT2D eigenvalue weighted by atomic mass is 79.9. The third-order valence-corrected chi connectivity index (χ3v) is 5.27. The predicted molar refractivity (Wildman–Crippen MR) is 86.5 cm³/mol. The standard InChI is InChI=1S/C13H12BrN3OS2/c1-16(7-11-4-9(14)8-20-11)6-10-5-12(18)17-2-3-19-13(17)15-10/h2-5,8H,6-7H2,1H3. The molecule has 7 heteroatoms. The highest BCUT2D eigenvalue weighted by Crippen LogP contribution is 2.21. The largest absolute Gasteiger partial charge is 0.295 e. The monoisotopic (exact) mass is 369 g/mol. The number of nitrogens with zero attached hydrogens (tertiary/aromatic N) is 3. The first kappa shape index (κ1) is 13.9. The summed E-state index contributed by atoms with van der Waals surface area (Å²) >= 11 is 6.66. The fourth-order valence-corrected chi connectivity index (χ4v) is 4.27. The molecule has 0 fully saturated rings. The van der Waals surface area contributed by atoms with Crippen LogP contribution in [0.15, 0.2) is 38.4 Å². The van der Waals surface area contributed by atoms with E-state index in [-0.39, 0.29) is 5.56 Å². The van der Waals surface area contributed by atoms with Crippen molar-refractivity contribution in [2.24, 2.45) is 0 Å². The van der Waals surface area contributed by atoms with E-state index in [2.05, 4.69) is 37.3 Å². The van der Waals surface area contributed by atoms with Crippen LogP contribution in [-0.2, 0) is 13.1 Å². The van der Waals surface area contributed by atoms with Crippen molar-refractivity contribution in [3.05, 3.63) is 54.5 Å². The van der Waals surface area contributed by atoms with Crippen molar-refractivity contribution in [2.45, 2.75) is 13.1 Å². The van der Waals surface area contributed by atoms with Gasteiger partial charge in [-0.3, -0.25) is 14.1 Å². The Morgan fingerprint density at radius 1 is 1.35 bits per heavy atom. The van der Waals surface area contributed by atoms with Gasteiger partial charge in [0, 0.05) is 45.5 Å². The van der Waals surface area contributed by atoms with Gasteiger partial charge in [0.25, 0.3) is 5.56 Å². The molecule has 20 heavy (non-hydrogen) atoms. The number of rotatable bonds is 4. The summed E-state index contributed by atoms with van der Waals surface area (Å²) in [6.45, 7) is 1.51. The summed E-state index contributed by atoms with van der Waals surface area (Å²) in [5, 5.41) is 3.95. The van der Waals surface area contributed by atoms with E-state index in [1.54, 1.807) is 28.0 Å². The smallest absolute Gasteiger partial charge is 0.258 e. The second-order valence-electron chi connectivity index (χ2n) is 4.54. The molecule has 104 valence electrons. The fourth-order valence-electron chi connectivity index (χ4n) is 2.00. The average molecular weight is 370 g/mol. The number of hydrogen-bond donors (Lipinski definition) is 0. The Hall–Kier alpha value is -1.02. The van der Waals surface area contributed by atoms with Crippen molar-refractivity contribution in [3.63, 3.8) is 0 Å². The predicted octanol–water partition coefficient (Wildman–Crippen LogP) is 3.21. The maximum atomic E-state index is 11.9. The molecule has 3 aromatic rings. The van der Waals surface area contributed by atoms with E-state index in [0.717, 1.165) is 21.7 Å². The van der Waals surface area contributed by atoms with Crippen LogP contribution < -0.4 is 5.56 Å². The van der Waals surface area contributed by atoms with Gasteiger partial charge in [-0.15, -0.1) is 22.7 Å². The summed E-state index contributed by atoms with van der Waals surface area (Å²) in [5.41, 5.74) is 0.800. The molecule has 0 aliphatic heterocycles. The van der Waals surface area contributed by atoms with Gasteiger partial charge in [0.1, 0.15) is 0 Å². The van der Waals surface area contributed by atoms with Crippen LogP contribution in [0.3, 0.4) is 0 Å². The van der Waals surface area contributed by atoms with E-state index in [1.165, 1.54) is 16.2 Å². The fraction of sp³-hybridized carbons (Fsp3) is 0.231. The molecule has 0 aromatic carbocycles. The summed E-state index contributed by atoms with van der Waals surface area (Å²) in [4.78, 5) is 20.6. The van der Waals surface area contributed by atoms with Crippen LogP contribution in [-0.4, -0.2) is 21.3 Å². The first-order valence-corrected chi connectivity index (χ1v) is 8.54. The van der Waals surface area contributed by atoms with Crippen LogP contribution in [0.4, 0.5) is 0 Å². The summed E-state index contributed by atoms with van der Waals surface area (Å²) < 4.78 is 2.69. The number of thiophene rings is 1. The lowest BCUT2D eigenvalue weighted by molar-refractivity contribution is 0.318. The lowest BCUT2D eigenvalue weighted by Gasteiger charge is -2.14. The second-order valence-corrected chi connectivity index (χ2v) is 7.33. The zero-order valence-corrected chi connectivity index (χ0v) is 14.0. The number of fused-ring (bicyclic) bond motifs is 1. The number of aromatic nitrogens is 2. The first-order chi connectivity index (χ1) is 9.61. The Balaban J connectivity index is 1.76. The zero-order valence-electron chi connectivity index (χ0n) is 10.7. The number of hydrogen-bond acceptors (Lipinski definition) is 5. The molecule has 0 aliphatic carbocycles. The van der Waals surface area contributed by atoms with Gasteiger partial charge in [0.15, 0.2) is 4.96 Å². The summed E-state index contributed by atoms with van der Waals surface area (Å²) in [6, 6.07) is 3.73. The SMILES string of the molecule is CN(Cc1cc(=O)n2ccsc2n1)Cc1cc(Br)cs1. The van der Waals surface area contributed by atoms with Crippen molar-refractivity contribution in [2.75, 3.05) is 7.05 Å². The molecule has 0 bridgehead atoms. The van der Waals surface area contributed by atoms with Crippen molar-refractivity contribution < 1.29 is 0 Å². The van der Waals surface area contributed by atoms with Gasteiger partial charge in [-0.05, 0) is 29.0 Å². The van der Waals surface area contributed by atoms with Crippen LogP contribution in [0.5, 0.6) is 0 Å². The van der Waals surface area contributed by atoms with E-state index in [1.807, 2.05) is 12.4 Å². The maximum absolute atomic E-state index is 11.9. The molecule has 4 nitrogen and oxygen atoms in total. The van der Waals surface area contributed by atoms with Gasteiger partial charge in [0.2, 0.25) is 0 Å². The Morgan fingerprint density at radius 2 is 2.20 bits per heavy atom. The quantitative estimate of drug-likeness (QED) is 0.708. The molecular weight excluding hydrogens is 358 g/mol. The van der Waals surface area contributed by atoms with Crippen LogP contribution in [0.25, 0.3) is 4.96 Å². The molecule has 0 spiro atoms. The van der Waals surface area contributed by atoms with Crippen LogP contribution in [0, 0.1) is 0 Å². The van der Waals surface area contributed by atoms with Crippen LogP contribution in [0.1, 0.15) is 10.6 Å². The molecule has 0 unspecified atom stereocenters. The molecule has 3 rings (SSSR count). The van der Waals surface area contributed by atoms with Crippen LogP contribution >= 0.6 is 38.6 Å². The highest BCUT2D eigenvalue weighted by Gasteiger charge is 2.08. The second kappa shape index (κ2) is 5.77. The van der Waals surface area contributed by atoms with Crippen molar-refractivity contribution >= 4 is 43.6 Å². The minimum Gasteiger partial charge on any atom is -0.295 e. The molecule has 0 aliphatic rings. The molecule has 3 aromatic heterocycles. The van der Waals surface area contributed by atoms with E-state index >= 15 is 0 Å². The Labute approximate surface area is 132 Å². The minimum absolute atomic E-state index is 0.0153. The zero-order chi connectivity index (χ0) is 14.1. The first-order valence-electron chi connectivity index (χ1n) is 5.99. The topological polar surface area (TPSA) is 37.6 Å². The summed E-state index contributed by atoms with van der Waals surface area (Å²) in [6.07, 6.45) is 1.76. The average Bonchev–Trinajstić information content (AvgIpc) is 2.98. The van der Waals surface area contributed by atoms with Gasteiger partial charge in [-0.2, -0.15) is 0 Å². The molecule has 0 saturated carbocycles. The molecule has 0 saturated heterocycles. The van der Waals surface area contributed by atoms with Crippen LogP contribution in [0.2, 0.25) is 0 Å². The van der Waals surface area contributed by atoms with Gasteiger partial charge >= 0.3 is 0 Å². The minimum atomic E-state index is -0.0153. The van der Waals surface area contributed by atoms with E-state index < -0.39 is 0 Å². The summed E-state index contributed by atoms with van der Waals surface area (Å²) in [5.74, 6) is 0. The lowest BCUT2D eigenvalue weighted by atomic mass is 10.3. The van der Waals surface area contributed by atoms with E-state index in [4.69, 9.17) is 0 Å². The van der Waals surface area contributed by atoms with Crippen molar-refractivity contribution in [1.82, 2.24) is 14.3 Å². The Kier molecular flexibility index (Phi) is 4.02. The molecule has 0 N–H and O–H groups in total. The summed E-state index contributed by atoms with van der Waals surface area (Å²) in [7, 11) is 2.03. The van der Waals surface area contributed by atoms with Gasteiger partial charge in [0.05, 0.1) is 5.69 Å². The van der Waals surface area contributed by atoms with Gasteiger partial charge < -0.3 is 0 Å². The third kappa shape index (κ3) is 3.01. The highest BCUT2D eigenvalue weighted by molar-refractivity contribution is 9.10. The van der Waals surface area contributed by atoms with Crippen molar-refractivity contribution in [3.8, 4) is 0 Å². The molecule has 0 radical (unpaired) electrons. The maximum Gasteiger partial charge on any atom is 0.258 e. The lowest BCUT2D eigenvalue weighted by Crippen LogP contribution is -2.20. The van der Waals surface area contributed by atoms with E-state index in [9.17, 15) is 4.79 Å². The molecule has 3 heterocycles. The van der Waals surface area contributed by atoms with Gasteiger partial charge in [-0.1, -0.05) is 0 Å². The number of halogens is 1. The van der Waals surface area contributed by atoms with E-state index in [0.29, 0.717) is 6.54 Å². The third-order valence-electron chi connectivity index (χ3n) is 2.84. The van der Waals surface area contributed by atoms with Crippen molar-refractivity contribution in [1.29, 1.82) is 0 Å². The van der Waals surface area contributed by atoms with Gasteiger partial charge in [-0.25, -0.2) is 4.98 Å².